The van der Waals surface area contributed by atoms with Gasteiger partial charge >= 0.3 is 6.09 Å². The SMILES string of the molecule is CCOC(=O)N1CCN(C(=O)Cc2ccc(NC(=O)c3ccc(Br)o3)cc2)CC1. The van der Waals surface area contributed by atoms with Gasteiger partial charge in [0.2, 0.25) is 5.91 Å². The summed E-state index contributed by atoms with van der Waals surface area (Å²) in [7, 11) is 0. The van der Waals surface area contributed by atoms with Crippen molar-refractivity contribution in [1.82, 2.24) is 9.80 Å². The molecule has 154 valence electrons. The summed E-state index contributed by atoms with van der Waals surface area (Å²) in [5.41, 5.74) is 1.46. The molecule has 3 rings (SSSR count). The van der Waals surface area contributed by atoms with Gasteiger partial charge in [-0.25, -0.2) is 4.79 Å². The molecule has 8 nitrogen and oxygen atoms in total. The number of anilines is 1. The van der Waals surface area contributed by atoms with Crippen molar-refractivity contribution < 1.29 is 23.5 Å². The van der Waals surface area contributed by atoms with E-state index in [9.17, 15) is 14.4 Å². The quantitative estimate of drug-likeness (QED) is 0.734. The average Bonchev–Trinajstić information content (AvgIpc) is 3.16. The Bertz CT molecular complexity index is 872. The van der Waals surface area contributed by atoms with E-state index in [1.165, 1.54) is 0 Å². The lowest BCUT2D eigenvalue weighted by Crippen LogP contribution is -2.51. The number of nitrogens with zero attached hydrogens (tertiary/aromatic N) is 2. The van der Waals surface area contributed by atoms with Crippen LogP contribution in [0.1, 0.15) is 23.0 Å². The van der Waals surface area contributed by atoms with E-state index in [-0.39, 0.29) is 30.1 Å². The average molecular weight is 464 g/mol. The second-order valence-electron chi connectivity index (χ2n) is 6.50. The highest BCUT2D eigenvalue weighted by atomic mass is 79.9. The number of piperazine rings is 1. The molecule has 1 aliphatic rings. The third-order valence-corrected chi connectivity index (χ3v) is 4.95. The fourth-order valence-electron chi connectivity index (χ4n) is 2.97. The first kappa shape index (κ1) is 20.9. The molecule has 0 bridgehead atoms. The Labute approximate surface area is 176 Å². The summed E-state index contributed by atoms with van der Waals surface area (Å²) in [5, 5.41) is 2.74. The van der Waals surface area contributed by atoms with Gasteiger partial charge in [0.25, 0.3) is 5.91 Å². The molecule has 2 aromatic rings. The van der Waals surface area contributed by atoms with Gasteiger partial charge in [0.05, 0.1) is 13.0 Å². The van der Waals surface area contributed by atoms with Gasteiger partial charge in [0.15, 0.2) is 10.4 Å². The van der Waals surface area contributed by atoms with E-state index in [1.54, 1.807) is 53.1 Å². The van der Waals surface area contributed by atoms with Crippen LogP contribution in [-0.4, -0.2) is 60.5 Å². The minimum Gasteiger partial charge on any atom is -0.450 e. The fourth-order valence-corrected chi connectivity index (χ4v) is 3.28. The zero-order chi connectivity index (χ0) is 20.8. The smallest absolute Gasteiger partial charge is 0.409 e. The van der Waals surface area contributed by atoms with E-state index in [1.807, 2.05) is 0 Å². The molecule has 1 aromatic carbocycles. The molecule has 2 heterocycles. The summed E-state index contributed by atoms with van der Waals surface area (Å²) in [6.45, 7) is 4.03. The van der Waals surface area contributed by atoms with Gasteiger partial charge in [-0.2, -0.15) is 0 Å². The molecular formula is C20H22BrN3O5. The molecular weight excluding hydrogens is 442 g/mol. The first-order chi connectivity index (χ1) is 14.0. The Morgan fingerprint density at radius 2 is 1.69 bits per heavy atom. The fraction of sp³-hybridized carbons (Fsp3) is 0.350. The first-order valence-electron chi connectivity index (χ1n) is 9.31. The molecule has 0 unspecified atom stereocenters. The number of ether oxygens (including phenoxy) is 1. The minimum atomic E-state index is -0.348. The van der Waals surface area contributed by atoms with Crippen LogP contribution in [0.4, 0.5) is 10.5 Å². The van der Waals surface area contributed by atoms with Crippen LogP contribution in [0.3, 0.4) is 0 Å². The lowest BCUT2D eigenvalue weighted by molar-refractivity contribution is -0.132. The largest absolute Gasteiger partial charge is 0.450 e. The maximum atomic E-state index is 12.5. The van der Waals surface area contributed by atoms with Gasteiger partial charge in [0, 0.05) is 31.9 Å². The molecule has 0 saturated carbocycles. The van der Waals surface area contributed by atoms with E-state index in [0.717, 1.165) is 5.56 Å². The number of hydrogen-bond donors (Lipinski definition) is 1. The second-order valence-corrected chi connectivity index (χ2v) is 7.28. The highest BCUT2D eigenvalue weighted by molar-refractivity contribution is 9.10. The van der Waals surface area contributed by atoms with E-state index >= 15 is 0 Å². The number of amides is 3. The first-order valence-corrected chi connectivity index (χ1v) is 10.1. The Kier molecular flexibility index (Phi) is 6.92. The molecule has 3 amide bonds. The molecule has 9 heteroatoms. The van der Waals surface area contributed by atoms with Crippen LogP contribution in [0.2, 0.25) is 0 Å². The summed E-state index contributed by atoms with van der Waals surface area (Å²) < 4.78 is 10.7. The molecule has 29 heavy (non-hydrogen) atoms. The highest BCUT2D eigenvalue weighted by Gasteiger charge is 2.24. The van der Waals surface area contributed by atoms with E-state index in [2.05, 4.69) is 21.2 Å². The molecule has 1 N–H and O–H groups in total. The maximum Gasteiger partial charge on any atom is 0.409 e. The van der Waals surface area contributed by atoms with Gasteiger partial charge < -0.3 is 24.3 Å². The van der Waals surface area contributed by atoms with Crippen molar-refractivity contribution in [3.05, 3.63) is 52.4 Å². The Morgan fingerprint density at radius 1 is 1.03 bits per heavy atom. The van der Waals surface area contributed by atoms with Crippen LogP contribution >= 0.6 is 15.9 Å². The van der Waals surface area contributed by atoms with Crippen molar-refractivity contribution in [1.29, 1.82) is 0 Å². The van der Waals surface area contributed by atoms with Crippen molar-refractivity contribution in [2.75, 3.05) is 38.1 Å². The van der Waals surface area contributed by atoms with Crippen LogP contribution in [0.25, 0.3) is 0 Å². The third-order valence-electron chi connectivity index (χ3n) is 4.52. The number of rotatable bonds is 5. The van der Waals surface area contributed by atoms with Crippen molar-refractivity contribution in [2.24, 2.45) is 0 Å². The lowest BCUT2D eigenvalue weighted by atomic mass is 10.1. The lowest BCUT2D eigenvalue weighted by Gasteiger charge is -2.34. The van der Waals surface area contributed by atoms with Gasteiger partial charge in [-0.15, -0.1) is 0 Å². The normalized spacial score (nSPS) is 13.9. The minimum absolute atomic E-state index is 0.00531. The Hall–Kier alpha value is -2.81. The van der Waals surface area contributed by atoms with Crippen molar-refractivity contribution in [3.8, 4) is 0 Å². The van der Waals surface area contributed by atoms with Crippen LogP contribution in [-0.2, 0) is 16.0 Å². The third kappa shape index (κ3) is 5.60. The number of furan rings is 1. The molecule has 0 atom stereocenters. The number of carbonyl (C=O) groups excluding carboxylic acids is 3. The monoisotopic (exact) mass is 463 g/mol. The Morgan fingerprint density at radius 3 is 2.28 bits per heavy atom. The van der Waals surface area contributed by atoms with Crippen LogP contribution in [0, 0.1) is 0 Å². The van der Waals surface area contributed by atoms with Gasteiger partial charge in [-0.3, -0.25) is 9.59 Å². The molecule has 1 aromatic heterocycles. The molecule has 0 spiro atoms. The topological polar surface area (TPSA) is 92.1 Å². The summed E-state index contributed by atoms with van der Waals surface area (Å²) in [6, 6.07) is 10.3. The number of benzene rings is 1. The van der Waals surface area contributed by atoms with Crippen LogP contribution in [0.15, 0.2) is 45.5 Å². The van der Waals surface area contributed by atoms with Gasteiger partial charge in [0.1, 0.15) is 0 Å². The van der Waals surface area contributed by atoms with E-state index < -0.39 is 0 Å². The Balaban J connectivity index is 1.49. The zero-order valence-corrected chi connectivity index (χ0v) is 17.6. The summed E-state index contributed by atoms with van der Waals surface area (Å²) >= 11 is 3.16. The molecule has 1 fully saturated rings. The van der Waals surface area contributed by atoms with E-state index in [4.69, 9.17) is 9.15 Å². The summed E-state index contributed by atoms with van der Waals surface area (Å²) in [6.07, 6.45) is -0.0715. The predicted octanol–water partition coefficient (Wildman–Crippen LogP) is 3.14. The van der Waals surface area contributed by atoms with Crippen molar-refractivity contribution in [3.63, 3.8) is 0 Å². The van der Waals surface area contributed by atoms with Crippen LogP contribution in [0.5, 0.6) is 0 Å². The molecule has 1 aliphatic heterocycles. The summed E-state index contributed by atoms with van der Waals surface area (Å²) in [4.78, 5) is 39.7. The van der Waals surface area contributed by atoms with Crippen molar-refractivity contribution in [2.45, 2.75) is 13.3 Å². The summed E-state index contributed by atoms with van der Waals surface area (Å²) in [5.74, 6) is -0.136. The van der Waals surface area contributed by atoms with E-state index in [0.29, 0.717) is 43.1 Å². The molecule has 1 saturated heterocycles. The maximum absolute atomic E-state index is 12.5. The number of nitrogens with one attached hydrogen (secondary N) is 1. The van der Waals surface area contributed by atoms with Gasteiger partial charge in [-0.1, -0.05) is 12.1 Å². The molecule has 0 aliphatic carbocycles. The second kappa shape index (κ2) is 9.60. The number of hydrogen-bond acceptors (Lipinski definition) is 5. The standard InChI is InChI=1S/C20H22BrN3O5/c1-2-28-20(27)24-11-9-23(10-12-24)18(25)13-14-3-5-15(6-4-14)22-19(26)16-7-8-17(21)29-16/h3-8H,2,9-13H2,1H3,(H,22,26). The van der Waals surface area contributed by atoms with Crippen LogP contribution < -0.4 is 5.32 Å². The number of carbonyl (C=O) groups is 3. The molecule has 0 radical (unpaired) electrons. The van der Waals surface area contributed by atoms with Crippen molar-refractivity contribution >= 4 is 39.5 Å². The zero-order valence-electron chi connectivity index (χ0n) is 16.0. The predicted molar refractivity (Wildman–Crippen MR) is 110 cm³/mol. The highest BCUT2D eigenvalue weighted by Crippen LogP contribution is 2.17. The van der Waals surface area contributed by atoms with Gasteiger partial charge in [-0.05, 0) is 52.7 Å². The number of halogens is 1.